The number of carbonyl (C=O) groups is 1. The second-order valence-electron chi connectivity index (χ2n) is 3.80. The van der Waals surface area contributed by atoms with Crippen LogP contribution in [0.3, 0.4) is 0 Å². The Balaban J connectivity index is 2.69. The average Bonchev–Trinajstić information content (AvgIpc) is 2.36. The Morgan fingerprint density at radius 2 is 1.94 bits per heavy atom. The summed E-state index contributed by atoms with van der Waals surface area (Å²) in [5.41, 5.74) is 0.382. The fourth-order valence-electron chi connectivity index (χ4n) is 1.64. The van der Waals surface area contributed by atoms with Gasteiger partial charge in [-0.25, -0.2) is 0 Å². The molecule has 5 heteroatoms. The number of halogens is 2. The zero-order valence-electron chi connectivity index (χ0n) is 10.6. The van der Waals surface area contributed by atoms with Crippen molar-refractivity contribution in [2.45, 2.75) is 13.8 Å². The highest BCUT2D eigenvalue weighted by atomic mass is 35.5. The molecular weight excluding hydrogens is 273 g/mol. The van der Waals surface area contributed by atoms with Crippen molar-refractivity contribution in [1.29, 1.82) is 0 Å². The summed E-state index contributed by atoms with van der Waals surface area (Å²) in [4.78, 5) is 13.2. The molecular formula is C13H17Cl2NO2. The third kappa shape index (κ3) is 4.16. The number of hydrogen-bond acceptors (Lipinski definition) is 3. The van der Waals surface area contributed by atoms with E-state index in [2.05, 4.69) is 18.7 Å². The summed E-state index contributed by atoms with van der Waals surface area (Å²) in [5, 5.41) is 0.794. The molecule has 0 bridgehead atoms. The topological polar surface area (TPSA) is 29.5 Å². The normalized spacial score (nSPS) is 10.7. The molecule has 0 aliphatic carbocycles. The Morgan fingerprint density at radius 1 is 1.28 bits per heavy atom. The lowest BCUT2D eigenvalue weighted by Gasteiger charge is -2.18. The predicted molar refractivity (Wildman–Crippen MR) is 75.1 cm³/mol. The molecule has 0 radical (unpaired) electrons. The number of hydrogen-bond donors (Lipinski definition) is 0. The van der Waals surface area contributed by atoms with Crippen LogP contribution in [0.4, 0.5) is 0 Å². The SMILES string of the molecule is CCN(CC)CCOc1c(Cl)cc(Cl)cc1C=O. The Hall–Kier alpha value is -0.770. The van der Waals surface area contributed by atoms with Crippen molar-refractivity contribution in [3.63, 3.8) is 0 Å². The minimum atomic E-state index is 0.365. The molecule has 0 atom stereocenters. The molecule has 18 heavy (non-hydrogen) atoms. The smallest absolute Gasteiger partial charge is 0.153 e. The summed E-state index contributed by atoms with van der Waals surface area (Å²) in [6.45, 7) is 7.41. The second-order valence-corrected chi connectivity index (χ2v) is 4.64. The van der Waals surface area contributed by atoms with Gasteiger partial charge in [0.25, 0.3) is 0 Å². The number of benzene rings is 1. The van der Waals surface area contributed by atoms with Gasteiger partial charge in [-0.15, -0.1) is 0 Å². The van der Waals surface area contributed by atoms with E-state index in [-0.39, 0.29) is 0 Å². The zero-order chi connectivity index (χ0) is 13.5. The first-order valence-corrected chi connectivity index (χ1v) is 6.67. The summed E-state index contributed by atoms with van der Waals surface area (Å²) in [6.07, 6.45) is 0.699. The van der Waals surface area contributed by atoms with Gasteiger partial charge in [-0.1, -0.05) is 37.0 Å². The van der Waals surface area contributed by atoms with Gasteiger partial charge in [-0.05, 0) is 25.2 Å². The molecule has 1 aromatic rings. The van der Waals surface area contributed by atoms with Crippen LogP contribution in [0.1, 0.15) is 24.2 Å². The average molecular weight is 290 g/mol. The van der Waals surface area contributed by atoms with Gasteiger partial charge < -0.3 is 9.64 Å². The predicted octanol–water partition coefficient (Wildman–Crippen LogP) is 3.53. The quantitative estimate of drug-likeness (QED) is 0.719. The molecule has 0 aliphatic rings. The van der Waals surface area contributed by atoms with Crippen molar-refractivity contribution < 1.29 is 9.53 Å². The summed E-state index contributed by atoms with van der Waals surface area (Å²) in [7, 11) is 0. The van der Waals surface area contributed by atoms with Gasteiger partial charge >= 0.3 is 0 Å². The van der Waals surface area contributed by atoms with Crippen molar-refractivity contribution in [3.8, 4) is 5.75 Å². The molecule has 3 nitrogen and oxygen atoms in total. The Bertz CT molecular complexity index is 406. The van der Waals surface area contributed by atoms with Gasteiger partial charge in [-0.3, -0.25) is 4.79 Å². The van der Waals surface area contributed by atoms with E-state index in [1.807, 2.05) is 0 Å². The molecule has 0 aromatic heterocycles. The van der Waals surface area contributed by atoms with Gasteiger partial charge in [0.15, 0.2) is 6.29 Å². The van der Waals surface area contributed by atoms with Crippen LogP contribution < -0.4 is 4.74 Å². The third-order valence-corrected chi connectivity index (χ3v) is 3.21. The van der Waals surface area contributed by atoms with Gasteiger partial charge in [0.1, 0.15) is 12.4 Å². The van der Waals surface area contributed by atoms with Crippen LogP contribution in [-0.2, 0) is 0 Å². The number of rotatable bonds is 7. The fraction of sp³-hybridized carbons (Fsp3) is 0.462. The fourth-order valence-corrected chi connectivity index (χ4v) is 2.20. The molecule has 1 rings (SSSR count). The molecule has 0 unspecified atom stereocenters. The lowest BCUT2D eigenvalue weighted by Crippen LogP contribution is -2.28. The van der Waals surface area contributed by atoms with E-state index >= 15 is 0 Å². The van der Waals surface area contributed by atoms with E-state index < -0.39 is 0 Å². The summed E-state index contributed by atoms with van der Waals surface area (Å²) in [5.74, 6) is 0.406. The van der Waals surface area contributed by atoms with Crippen LogP contribution in [-0.4, -0.2) is 37.4 Å². The maximum Gasteiger partial charge on any atom is 0.153 e. The molecule has 0 spiro atoms. The lowest BCUT2D eigenvalue weighted by molar-refractivity contribution is 0.111. The highest BCUT2D eigenvalue weighted by Gasteiger charge is 2.10. The maximum absolute atomic E-state index is 10.9. The monoisotopic (exact) mass is 289 g/mol. The zero-order valence-corrected chi connectivity index (χ0v) is 12.1. The molecule has 0 N–H and O–H groups in total. The summed E-state index contributed by atoms with van der Waals surface area (Å²) >= 11 is 11.8. The van der Waals surface area contributed by atoms with Gasteiger partial charge in [0.05, 0.1) is 10.6 Å². The minimum Gasteiger partial charge on any atom is -0.490 e. The van der Waals surface area contributed by atoms with Crippen molar-refractivity contribution in [2.75, 3.05) is 26.2 Å². The first-order chi connectivity index (χ1) is 8.62. The molecule has 1 aromatic carbocycles. The highest BCUT2D eigenvalue weighted by molar-refractivity contribution is 6.36. The summed E-state index contributed by atoms with van der Waals surface area (Å²) in [6, 6.07) is 3.12. The molecule has 0 amide bonds. The number of aldehydes is 1. The van der Waals surface area contributed by atoms with E-state index in [4.69, 9.17) is 27.9 Å². The molecule has 0 fully saturated rings. The van der Waals surface area contributed by atoms with E-state index in [1.54, 1.807) is 12.1 Å². The maximum atomic E-state index is 10.9. The standard InChI is InChI=1S/C13H17Cl2NO2/c1-3-16(4-2)5-6-18-13-10(9-17)7-11(14)8-12(13)15/h7-9H,3-6H2,1-2H3. The van der Waals surface area contributed by atoms with E-state index in [1.165, 1.54) is 0 Å². The number of ether oxygens (including phenoxy) is 1. The number of carbonyl (C=O) groups excluding carboxylic acids is 1. The first kappa shape index (κ1) is 15.3. The van der Waals surface area contributed by atoms with Gasteiger partial charge in [-0.2, -0.15) is 0 Å². The van der Waals surface area contributed by atoms with E-state index in [0.717, 1.165) is 19.6 Å². The third-order valence-electron chi connectivity index (χ3n) is 2.71. The number of likely N-dealkylation sites (N-methyl/N-ethyl adjacent to an activating group) is 1. The Morgan fingerprint density at radius 3 is 2.50 bits per heavy atom. The second kappa shape index (κ2) is 7.62. The highest BCUT2D eigenvalue weighted by Crippen LogP contribution is 2.31. The van der Waals surface area contributed by atoms with Crippen molar-refractivity contribution in [1.82, 2.24) is 4.90 Å². The number of nitrogens with zero attached hydrogens (tertiary/aromatic N) is 1. The summed E-state index contributed by atoms with van der Waals surface area (Å²) < 4.78 is 5.58. The van der Waals surface area contributed by atoms with Crippen molar-refractivity contribution in [2.24, 2.45) is 0 Å². The van der Waals surface area contributed by atoms with Gasteiger partial charge in [0, 0.05) is 11.6 Å². The van der Waals surface area contributed by atoms with Crippen LogP contribution >= 0.6 is 23.2 Å². The minimum absolute atomic E-state index is 0.365. The Kier molecular flexibility index (Phi) is 6.47. The van der Waals surface area contributed by atoms with Crippen LogP contribution in [0.25, 0.3) is 0 Å². The van der Waals surface area contributed by atoms with Crippen LogP contribution in [0.15, 0.2) is 12.1 Å². The first-order valence-electron chi connectivity index (χ1n) is 5.91. The van der Waals surface area contributed by atoms with Crippen LogP contribution in [0.2, 0.25) is 10.0 Å². The van der Waals surface area contributed by atoms with Crippen molar-refractivity contribution >= 4 is 29.5 Å². The van der Waals surface area contributed by atoms with E-state index in [0.29, 0.717) is 34.3 Å². The van der Waals surface area contributed by atoms with E-state index in [9.17, 15) is 4.79 Å². The van der Waals surface area contributed by atoms with Gasteiger partial charge in [0.2, 0.25) is 0 Å². The lowest BCUT2D eigenvalue weighted by atomic mass is 10.2. The van der Waals surface area contributed by atoms with Crippen LogP contribution in [0, 0.1) is 0 Å². The molecule has 100 valence electrons. The molecule has 0 saturated heterocycles. The molecule has 0 heterocycles. The molecule has 0 aliphatic heterocycles. The largest absolute Gasteiger partial charge is 0.490 e. The van der Waals surface area contributed by atoms with Crippen molar-refractivity contribution in [3.05, 3.63) is 27.7 Å². The Labute approximate surface area is 118 Å². The molecule has 0 saturated carbocycles. The van der Waals surface area contributed by atoms with Crippen LogP contribution in [0.5, 0.6) is 5.75 Å².